The second kappa shape index (κ2) is 7.34. The van der Waals surface area contributed by atoms with Crippen LogP contribution in [0.5, 0.6) is 0 Å². The van der Waals surface area contributed by atoms with Crippen molar-refractivity contribution in [1.82, 2.24) is 10.4 Å². The van der Waals surface area contributed by atoms with Crippen molar-refractivity contribution in [2.45, 2.75) is 19.3 Å². The molecule has 1 aromatic rings. The molecule has 1 aromatic heterocycles. The number of aliphatic imine (C=N–C) groups is 1. The molecule has 3 heterocycles. The number of hydroxylamine groups is 1. The average molecular weight is 364 g/mol. The first-order chi connectivity index (χ1) is 12.0. The Balaban J connectivity index is 1.68. The van der Waals surface area contributed by atoms with Crippen LogP contribution in [0, 0.1) is 5.92 Å². The molecule has 3 rings (SSSR count). The number of amidine groups is 1. The second-order valence-corrected chi connectivity index (χ2v) is 7.36. The minimum Gasteiger partial charge on any atom is -0.396 e. The number of thiophene rings is 1. The number of aliphatic hydroxyl groups is 1. The Labute approximate surface area is 148 Å². The van der Waals surface area contributed by atoms with Crippen LogP contribution in [0.4, 0.5) is 5.69 Å². The third-order valence-electron chi connectivity index (χ3n) is 4.25. The Morgan fingerprint density at radius 3 is 2.88 bits per heavy atom. The van der Waals surface area contributed by atoms with Gasteiger partial charge in [0.2, 0.25) is 5.91 Å². The van der Waals surface area contributed by atoms with Crippen LogP contribution in [0.1, 0.15) is 22.6 Å². The van der Waals surface area contributed by atoms with E-state index >= 15 is 0 Å². The van der Waals surface area contributed by atoms with E-state index in [0.717, 1.165) is 21.9 Å². The van der Waals surface area contributed by atoms with E-state index in [2.05, 4.69) is 4.99 Å². The van der Waals surface area contributed by atoms with Crippen molar-refractivity contribution in [2.75, 3.05) is 19.7 Å². The van der Waals surface area contributed by atoms with E-state index in [1.54, 1.807) is 16.5 Å². The summed E-state index contributed by atoms with van der Waals surface area (Å²) in [6.07, 6.45) is 2.89. The summed E-state index contributed by atoms with van der Waals surface area (Å²) in [4.78, 5) is 31.4. The highest BCUT2D eigenvalue weighted by Gasteiger charge is 2.30. The largest absolute Gasteiger partial charge is 0.396 e. The van der Waals surface area contributed by atoms with Gasteiger partial charge in [0.25, 0.3) is 5.91 Å². The molecule has 1 saturated heterocycles. The number of hydrogen-bond donors (Lipinski definition) is 4. The van der Waals surface area contributed by atoms with Crippen molar-refractivity contribution in [3.8, 4) is 0 Å². The number of hydrogen-bond acceptors (Lipinski definition) is 7. The van der Waals surface area contributed by atoms with Crippen molar-refractivity contribution in [3.63, 3.8) is 0 Å². The fourth-order valence-corrected chi connectivity index (χ4v) is 4.18. The molecule has 0 aromatic carbocycles. The highest BCUT2D eigenvalue weighted by molar-refractivity contribution is 7.13. The first-order valence-electron chi connectivity index (χ1n) is 7.99. The van der Waals surface area contributed by atoms with Gasteiger partial charge in [-0.25, -0.2) is 10.5 Å². The van der Waals surface area contributed by atoms with Gasteiger partial charge in [0.15, 0.2) is 0 Å². The highest BCUT2D eigenvalue weighted by atomic mass is 32.1. The number of nitrogens with zero attached hydrogens (tertiary/aromatic N) is 2. The van der Waals surface area contributed by atoms with Crippen LogP contribution >= 0.6 is 11.3 Å². The maximum absolute atomic E-state index is 11.7. The molecule has 9 heteroatoms. The summed E-state index contributed by atoms with van der Waals surface area (Å²) in [5.41, 5.74) is 8.57. The standard InChI is InChI=1S/C16H20N4O4S/c17-14-5-10(16(23)19-24)4-13-12(18-14)6-11(25-13)3-9-7-20(8-9)15(22)1-2-21/h4,6,9,21,24H,1-3,5,7-8H2,(H2,17,18)(H,19,23). The lowest BCUT2D eigenvalue weighted by atomic mass is 9.95. The van der Waals surface area contributed by atoms with E-state index < -0.39 is 5.91 Å². The predicted molar refractivity (Wildman–Crippen MR) is 93.6 cm³/mol. The summed E-state index contributed by atoms with van der Waals surface area (Å²) in [6.45, 7) is 1.27. The van der Waals surface area contributed by atoms with Gasteiger partial charge in [-0.3, -0.25) is 14.8 Å². The zero-order valence-electron chi connectivity index (χ0n) is 13.6. The normalized spacial score (nSPS) is 17.1. The quantitative estimate of drug-likeness (QED) is 0.444. The van der Waals surface area contributed by atoms with Crippen molar-refractivity contribution >= 4 is 40.8 Å². The molecule has 2 aliphatic rings. The first-order valence-corrected chi connectivity index (χ1v) is 8.81. The number of likely N-dealkylation sites (tertiary alicyclic amines) is 1. The van der Waals surface area contributed by atoms with Crippen molar-refractivity contribution in [3.05, 3.63) is 21.4 Å². The Kier molecular flexibility index (Phi) is 5.16. The Morgan fingerprint density at radius 2 is 2.20 bits per heavy atom. The minimum atomic E-state index is -0.585. The maximum Gasteiger partial charge on any atom is 0.271 e. The molecule has 0 unspecified atom stereocenters. The molecule has 0 spiro atoms. The van der Waals surface area contributed by atoms with Gasteiger partial charge >= 0.3 is 0 Å². The van der Waals surface area contributed by atoms with Crippen LogP contribution in [0.2, 0.25) is 0 Å². The van der Waals surface area contributed by atoms with E-state index in [1.807, 2.05) is 6.07 Å². The lowest BCUT2D eigenvalue weighted by Gasteiger charge is -2.39. The fourth-order valence-electron chi connectivity index (χ4n) is 3.00. The average Bonchev–Trinajstić information content (AvgIpc) is 2.82. The van der Waals surface area contributed by atoms with Gasteiger partial charge in [-0.1, -0.05) is 0 Å². The third kappa shape index (κ3) is 3.89. The van der Waals surface area contributed by atoms with Crippen molar-refractivity contribution in [2.24, 2.45) is 16.6 Å². The predicted octanol–water partition coefficient (Wildman–Crippen LogP) is 0.413. The molecular weight excluding hydrogens is 344 g/mol. The van der Waals surface area contributed by atoms with E-state index in [9.17, 15) is 9.59 Å². The van der Waals surface area contributed by atoms with Crippen LogP contribution in [0.15, 0.2) is 16.6 Å². The molecule has 2 amide bonds. The van der Waals surface area contributed by atoms with Crippen LogP contribution in [-0.2, 0) is 16.0 Å². The monoisotopic (exact) mass is 364 g/mol. The number of rotatable bonds is 5. The van der Waals surface area contributed by atoms with Crippen LogP contribution in [0.25, 0.3) is 6.08 Å². The molecule has 134 valence electrons. The zero-order valence-corrected chi connectivity index (χ0v) is 14.4. The SMILES string of the molecule is NC1=Nc2cc(CC3CN(C(=O)CCO)C3)sc2C=C(C(=O)NO)C1. The molecule has 0 atom stereocenters. The summed E-state index contributed by atoms with van der Waals surface area (Å²) in [7, 11) is 0. The molecule has 25 heavy (non-hydrogen) atoms. The zero-order chi connectivity index (χ0) is 18.0. The van der Waals surface area contributed by atoms with E-state index in [0.29, 0.717) is 30.4 Å². The smallest absolute Gasteiger partial charge is 0.271 e. The first kappa shape index (κ1) is 17.6. The molecule has 0 radical (unpaired) electrons. The third-order valence-corrected chi connectivity index (χ3v) is 5.34. The lowest BCUT2D eigenvalue weighted by Crippen LogP contribution is -2.50. The van der Waals surface area contributed by atoms with Crippen LogP contribution in [-0.4, -0.2) is 52.6 Å². The van der Waals surface area contributed by atoms with Gasteiger partial charge in [0.1, 0.15) is 5.84 Å². The number of amides is 2. The van der Waals surface area contributed by atoms with Crippen LogP contribution in [0.3, 0.4) is 0 Å². The maximum atomic E-state index is 11.7. The van der Waals surface area contributed by atoms with Crippen LogP contribution < -0.4 is 11.2 Å². The van der Waals surface area contributed by atoms with Crippen molar-refractivity contribution in [1.29, 1.82) is 0 Å². The summed E-state index contributed by atoms with van der Waals surface area (Å²) in [6, 6.07) is 1.96. The Morgan fingerprint density at radius 1 is 1.44 bits per heavy atom. The fraction of sp³-hybridized carbons (Fsp3) is 0.438. The summed E-state index contributed by atoms with van der Waals surface area (Å²) < 4.78 is 0. The van der Waals surface area contributed by atoms with E-state index in [1.165, 1.54) is 11.3 Å². The Bertz CT molecular complexity index is 749. The highest BCUT2D eigenvalue weighted by Crippen LogP contribution is 2.36. The summed E-state index contributed by atoms with van der Waals surface area (Å²) in [5, 5.41) is 17.6. The number of carbonyl (C=O) groups is 2. The molecule has 0 aliphatic carbocycles. The van der Waals surface area contributed by atoms with Gasteiger partial charge in [0.05, 0.1) is 17.2 Å². The van der Waals surface area contributed by atoms with Crippen molar-refractivity contribution < 1.29 is 19.9 Å². The van der Waals surface area contributed by atoms with E-state index in [4.69, 9.17) is 16.0 Å². The molecule has 0 bridgehead atoms. The molecular formula is C16H20N4O4S. The van der Waals surface area contributed by atoms with Gasteiger partial charge in [0, 0.05) is 36.4 Å². The number of nitrogens with two attached hydrogens (primary N) is 1. The number of fused-ring (bicyclic) bond motifs is 1. The van der Waals surface area contributed by atoms with Gasteiger partial charge in [-0.2, -0.15) is 0 Å². The topological polar surface area (TPSA) is 128 Å². The summed E-state index contributed by atoms with van der Waals surface area (Å²) in [5.74, 6) is 0.108. The molecule has 5 N–H and O–H groups in total. The lowest BCUT2D eigenvalue weighted by molar-refractivity contribution is -0.138. The van der Waals surface area contributed by atoms with Gasteiger partial charge in [-0.05, 0) is 24.5 Å². The summed E-state index contributed by atoms with van der Waals surface area (Å²) >= 11 is 1.54. The van der Waals surface area contributed by atoms with Gasteiger partial charge in [-0.15, -0.1) is 11.3 Å². The minimum absolute atomic E-state index is 0.0133. The molecule has 1 fully saturated rings. The molecule has 2 aliphatic heterocycles. The second-order valence-electron chi connectivity index (χ2n) is 6.20. The molecule has 0 saturated carbocycles. The number of carbonyl (C=O) groups excluding carboxylic acids is 2. The number of nitrogens with one attached hydrogen (secondary N) is 1. The van der Waals surface area contributed by atoms with E-state index in [-0.39, 0.29) is 25.4 Å². The molecule has 8 nitrogen and oxygen atoms in total. The number of aliphatic hydroxyl groups excluding tert-OH is 1. The Hall–Kier alpha value is -2.23. The van der Waals surface area contributed by atoms with Gasteiger partial charge < -0.3 is 15.7 Å².